The van der Waals surface area contributed by atoms with E-state index in [2.05, 4.69) is 17.0 Å². The van der Waals surface area contributed by atoms with Gasteiger partial charge in [-0.1, -0.05) is 25.4 Å². The Balaban J connectivity index is 2.84. The van der Waals surface area contributed by atoms with Crippen molar-refractivity contribution >= 4 is 33.4 Å². The molecule has 1 rings (SSSR count). The molecular weight excluding hydrogens is 328 g/mol. The van der Waals surface area contributed by atoms with Crippen LogP contribution < -0.4 is 10.0 Å². The molecule has 0 spiro atoms. The molecule has 4 nitrogen and oxygen atoms in total. The zero-order chi connectivity index (χ0) is 15.9. The summed E-state index contributed by atoms with van der Waals surface area (Å²) in [6.45, 7) is 5.91. The molecule has 0 heterocycles. The molecular formula is C14H23ClN2O2S2. The van der Waals surface area contributed by atoms with Crippen molar-refractivity contribution in [1.82, 2.24) is 10.0 Å². The number of thioether (sulfide) groups is 1. The zero-order valence-electron chi connectivity index (χ0n) is 12.6. The van der Waals surface area contributed by atoms with Crippen molar-refractivity contribution in [1.29, 1.82) is 0 Å². The van der Waals surface area contributed by atoms with Crippen LogP contribution >= 0.6 is 23.4 Å². The highest BCUT2D eigenvalue weighted by Crippen LogP contribution is 2.20. The molecule has 7 heteroatoms. The summed E-state index contributed by atoms with van der Waals surface area (Å²) in [6, 6.07) is 4.81. The number of hydrogen-bond donors (Lipinski definition) is 2. The molecule has 0 amide bonds. The van der Waals surface area contributed by atoms with Crippen molar-refractivity contribution in [3.63, 3.8) is 0 Å². The van der Waals surface area contributed by atoms with E-state index in [1.165, 1.54) is 6.07 Å². The minimum Gasteiger partial charge on any atom is -0.313 e. The van der Waals surface area contributed by atoms with Gasteiger partial charge < -0.3 is 5.32 Å². The second-order valence-electron chi connectivity index (χ2n) is 4.83. The van der Waals surface area contributed by atoms with Gasteiger partial charge in [-0.3, -0.25) is 0 Å². The van der Waals surface area contributed by atoms with Gasteiger partial charge in [-0.25, -0.2) is 13.1 Å². The minimum atomic E-state index is -3.49. The number of sulfonamides is 1. The Hall–Kier alpha value is -0.270. The van der Waals surface area contributed by atoms with E-state index in [0.717, 1.165) is 18.5 Å². The number of rotatable bonds is 9. The van der Waals surface area contributed by atoms with Crippen LogP contribution in [0.4, 0.5) is 0 Å². The molecule has 1 atom stereocenters. The maximum Gasteiger partial charge on any atom is 0.240 e. The van der Waals surface area contributed by atoms with Gasteiger partial charge >= 0.3 is 0 Å². The summed E-state index contributed by atoms with van der Waals surface area (Å²) in [5, 5.41) is 4.04. The normalized spacial score (nSPS) is 13.3. The van der Waals surface area contributed by atoms with Crippen molar-refractivity contribution in [2.75, 3.05) is 19.3 Å². The summed E-state index contributed by atoms with van der Waals surface area (Å²) in [4.78, 5) is 0.258. The molecule has 0 aliphatic heterocycles. The van der Waals surface area contributed by atoms with Crippen LogP contribution in [0.5, 0.6) is 0 Å². The lowest BCUT2D eigenvalue weighted by Gasteiger charge is -2.12. The summed E-state index contributed by atoms with van der Waals surface area (Å²) < 4.78 is 27.2. The van der Waals surface area contributed by atoms with Gasteiger partial charge in [0.2, 0.25) is 10.0 Å². The molecule has 0 aliphatic carbocycles. The van der Waals surface area contributed by atoms with Crippen LogP contribution in [0.3, 0.4) is 0 Å². The molecule has 0 radical (unpaired) electrons. The predicted molar refractivity (Wildman–Crippen MR) is 91.6 cm³/mol. The minimum absolute atomic E-state index is 0.234. The largest absolute Gasteiger partial charge is 0.313 e. The number of benzene rings is 1. The number of nitrogens with one attached hydrogen (secondary N) is 2. The third kappa shape index (κ3) is 6.16. The molecule has 1 aromatic rings. The molecule has 0 fully saturated rings. The molecule has 2 N–H and O–H groups in total. The molecule has 0 bridgehead atoms. The van der Waals surface area contributed by atoms with Gasteiger partial charge in [-0.15, -0.1) is 0 Å². The Morgan fingerprint density at radius 2 is 2.10 bits per heavy atom. The van der Waals surface area contributed by atoms with Crippen molar-refractivity contribution in [3.8, 4) is 0 Å². The van der Waals surface area contributed by atoms with E-state index in [0.29, 0.717) is 18.1 Å². The van der Waals surface area contributed by atoms with E-state index in [1.807, 2.05) is 13.2 Å². The molecule has 0 saturated carbocycles. The Morgan fingerprint density at radius 1 is 1.38 bits per heavy atom. The van der Waals surface area contributed by atoms with E-state index in [9.17, 15) is 8.42 Å². The number of hydrogen-bond acceptors (Lipinski definition) is 4. The molecule has 1 aromatic carbocycles. The van der Waals surface area contributed by atoms with Crippen molar-refractivity contribution in [2.24, 2.45) is 0 Å². The Morgan fingerprint density at radius 3 is 2.71 bits per heavy atom. The first-order chi connectivity index (χ1) is 9.90. The first kappa shape index (κ1) is 18.8. The second-order valence-corrected chi connectivity index (χ2v) is 8.28. The summed E-state index contributed by atoms with van der Waals surface area (Å²) >= 11 is 7.74. The highest BCUT2D eigenvalue weighted by Gasteiger charge is 2.16. The van der Waals surface area contributed by atoms with E-state index in [1.54, 1.807) is 23.9 Å². The average molecular weight is 351 g/mol. The van der Waals surface area contributed by atoms with Crippen LogP contribution in [0.25, 0.3) is 0 Å². The lowest BCUT2D eigenvalue weighted by atomic mass is 10.2. The van der Waals surface area contributed by atoms with Gasteiger partial charge in [0, 0.05) is 23.4 Å². The quantitative estimate of drug-likeness (QED) is 0.672. The third-order valence-corrected chi connectivity index (χ3v) is 5.79. The Bertz CT molecular complexity index is 550. The average Bonchev–Trinajstić information content (AvgIpc) is 2.46. The van der Waals surface area contributed by atoms with Gasteiger partial charge in [0.1, 0.15) is 0 Å². The molecule has 21 heavy (non-hydrogen) atoms. The maximum absolute atomic E-state index is 12.3. The lowest BCUT2D eigenvalue weighted by molar-refractivity contribution is 0.581. The summed E-state index contributed by atoms with van der Waals surface area (Å²) in [7, 11) is -3.49. The fraction of sp³-hybridized carbons (Fsp3) is 0.571. The van der Waals surface area contributed by atoms with Crippen LogP contribution in [0.2, 0.25) is 5.02 Å². The standard InChI is InChI=1S/C14H23ClN2O2S2/c1-4-7-16-10-12-8-13(5-6-14(12)15)21(18,19)17-9-11(2)20-3/h5-6,8,11,16-17H,4,7,9-10H2,1-3H3. The van der Waals surface area contributed by atoms with Crippen LogP contribution in [0.15, 0.2) is 23.1 Å². The zero-order valence-corrected chi connectivity index (χ0v) is 15.0. The fourth-order valence-electron chi connectivity index (χ4n) is 1.65. The summed E-state index contributed by atoms with van der Waals surface area (Å²) in [6.07, 6.45) is 2.97. The van der Waals surface area contributed by atoms with E-state index in [4.69, 9.17) is 11.6 Å². The van der Waals surface area contributed by atoms with E-state index >= 15 is 0 Å². The summed E-state index contributed by atoms with van der Waals surface area (Å²) in [5.74, 6) is 0. The molecule has 0 saturated heterocycles. The Kier molecular flexibility index (Phi) is 8.05. The fourth-order valence-corrected chi connectivity index (χ4v) is 3.37. The van der Waals surface area contributed by atoms with Crippen molar-refractivity contribution in [2.45, 2.75) is 37.0 Å². The molecule has 0 aliphatic rings. The SMILES string of the molecule is CCCNCc1cc(S(=O)(=O)NCC(C)SC)ccc1Cl. The van der Waals surface area contributed by atoms with E-state index in [-0.39, 0.29) is 10.1 Å². The van der Waals surface area contributed by atoms with Gasteiger partial charge in [0.15, 0.2) is 0 Å². The van der Waals surface area contributed by atoms with Crippen LogP contribution in [0.1, 0.15) is 25.8 Å². The first-order valence-corrected chi connectivity index (χ1v) is 10.1. The molecule has 120 valence electrons. The van der Waals surface area contributed by atoms with Crippen LogP contribution in [0, 0.1) is 0 Å². The first-order valence-electron chi connectivity index (χ1n) is 6.92. The van der Waals surface area contributed by atoms with Crippen molar-refractivity contribution in [3.05, 3.63) is 28.8 Å². The second kappa shape index (κ2) is 9.00. The molecule has 1 unspecified atom stereocenters. The summed E-state index contributed by atoms with van der Waals surface area (Å²) in [5.41, 5.74) is 0.797. The highest BCUT2D eigenvalue weighted by atomic mass is 35.5. The number of halogens is 1. The van der Waals surface area contributed by atoms with Crippen LogP contribution in [-0.4, -0.2) is 33.0 Å². The highest BCUT2D eigenvalue weighted by molar-refractivity contribution is 7.99. The van der Waals surface area contributed by atoms with Gasteiger partial charge in [0.25, 0.3) is 0 Å². The van der Waals surface area contributed by atoms with Gasteiger partial charge in [-0.05, 0) is 43.0 Å². The topological polar surface area (TPSA) is 58.2 Å². The monoisotopic (exact) mass is 350 g/mol. The van der Waals surface area contributed by atoms with Gasteiger partial charge in [-0.2, -0.15) is 11.8 Å². The van der Waals surface area contributed by atoms with E-state index < -0.39 is 10.0 Å². The lowest BCUT2D eigenvalue weighted by Crippen LogP contribution is -2.29. The maximum atomic E-state index is 12.3. The smallest absolute Gasteiger partial charge is 0.240 e. The van der Waals surface area contributed by atoms with Crippen molar-refractivity contribution < 1.29 is 8.42 Å². The third-order valence-electron chi connectivity index (χ3n) is 3.03. The Labute approximate surface area is 137 Å². The van der Waals surface area contributed by atoms with Gasteiger partial charge in [0.05, 0.1) is 4.90 Å². The predicted octanol–water partition coefficient (Wildman–Crippen LogP) is 2.87. The van der Waals surface area contributed by atoms with Crippen LogP contribution in [-0.2, 0) is 16.6 Å². The molecule has 0 aromatic heterocycles.